The van der Waals surface area contributed by atoms with Gasteiger partial charge in [0, 0.05) is 57.0 Å². The number of amides is 1. The van der Waals surface area contributed by atoms with E-state index < -0.39 is 11.9 Å². The number of esters is 1. The summed E-state index contributed by atoms with van der Waals surface area (Å²) >= 11 is 0. The fourth-order valence-electron chi connectivity index (χ4n) is 4.07. The van der Waals surface area contributed by atoms with E-state index in [1.807, 2.05) is 37.9 Å². The molecule has 2 aromatic rings. The van der Waals surface area contributed by atoms with Gasteiger partial charge in [0.1, 0.15) is 11.0 Å². The van der Waals surface area contributed by atoms with Crippen LogP contribution in [-0.2, 0) is 14.3 Å². The highest BCUT2D eigenvalue weighted by Crippen LogP contribution is 2.36. The Kier molecular flexibility index (Phi) is 17.2. The van der Waals surface area contributed by atoms with Gasteiger partial charge in [-0.05, 0) is 54.2 Å². The molecule has 0 saturated heterocycles. The number of carboxylic acids is 1. The lowest BCUT2D eigenvalue weighted by molar-refractivity contribution is -0.147. The first kappa shape index (κ1) is 37.3. The molecule has 1 heterocycles. The first-order valence-electron chi connectivity index (χ1n) is 14.0. The van der Waals surface area contributed by atoms with Crippen LogP contribution >= 0.6 is 21.6 Å². The second-order valence-corrected chi connectivity index (χ2v) is 13.1. The smallest absolute Gasteiger partial charge is 0.306 e. The van der Waals surface area contributed by atoms with E-state index in [0.717, 1.165) is 24.3 Å². The Morgan fingerprint density at radius 2 is 1.74 bits per heavy atom. The number of hydrogen-bond acceptors (Lipinski definition) is 10. The predicted octanol–water partition coefficient (Wildman–Crippen LogP) is 5.66. The van der Waals surface area contributed by atoms with Gasteiger partial charge in [-0.1, -0.05) is 54.7 Å². The van der Waals surface area contributed by atoms with Crippen molar-refractivity contribution in [2.75, 3.05) is 33.5 Å². The molecule has 0 unspecified atom stereocenters. The Labute approximate surface area is 257 Å². The monoisotopic (exact) mass is 628 g/mol. The molecule has 0 atom stereocenters. The molecule has 1 fully saturated rings. The van der Waals surface area contributed by atoms with Crippen LogP contribution in [-0.4, -0.2) is 88.1 Å². The molecule has 0 aliphatic heterocycles. The van der Waals surface area contributed by atoms with Crippen molar-refractivity contribution in [1.82, 2.24) is 20.1 Å². The maximum Gasteiger partial charge on any atom is 0.306 e. The fraction of sp³-hybridized carbons (Fsp3) is 0.621. The minimum absolute atomic E-state index is 0. The summed E-state index contributed by atoms with van der Waals surface area (Å²) < 4.78 is 9.75. The Hall–Kier alpha value is -2.77. The number of fused-ring (bicyclic) bond motifs is 1. The van der Waals surface area contributed by atoms with Crippen molar-refractivity contribution < 1.29 is 35.8 Å². The summed E-state index contributed by atoms with van der Waals surface area (Å²) in [6.07, 6.45) is 6.33. The van der Waals surface area contributed by atoms with Crippen LogP contribution in [0.25, 0.3) is 11.0 Å². The van der Waals surface area contributed by atoms with Crippen molar-refractivity contribution >= 4 is 50.5 Å². The van der Waals surface area contributed by atoms with Crippen molar-refractivity contribution in [3.63, 3.8) is 0 Å². The third-order valence-corrected chi connectivity index (χ3v) is 9.70. The quantitative estimate of drug-likeness (QED) is 0.215. The zero-order valence-electron chi connectivity index (χ0n) is 25.6. The molecule has 13 heteroatoms. The zero-order valence-corrected chi connectivity index (χ0v) is 27.2. The lowest BCUT2D eigenvalue weighted by atomic mass is 9.94. The molecule has 0 radical (unpaired) electrons. The van der Waals surface area contributed by atoms with Crippen molar-refractivity contribution in [2.24, 2.45) is 5.92 Å². The summed E-state index contributed by atoms with van der Waals surface area (Å²) in [7, 11) is 9.40. The van der Waals surface area contributed by atoms with Gasteiger partial charge in [-0.15, -0.1) is 0 Å². The largest absolute Gasteiger partial charge is 0.481 e. The normalized spacial score (nSPS) is 13.9. The summed E-state index contributed by atoms with van der Waals surface area (Å²) in [4.78, 5) is 39.4. The third kappa shape index (κ3) is 13.0. The second-order valence-electron chi connectivity index (χ2n) is 10.7. The molecule has 1 aliphatic carbocycles. The summed E-state index contributed by atoms with van der Waals surface area (Å²) in [6.45, 7) is 6.69. The lowest BCUT2D eigenvalue weighted by Gasteiger charge is -2.31. The standard InChI is InChI=1S/C15H27NO4S2.C14H17N3O2.H2O.H2/c1-11(2)10-21-22-13(12(3)16(4)5)8-9-20-15(19)7-6-14(17)18;1-17(11-5-3-2-4-6-11)14(18)10-7-8-12-13(9-10)16-19-15-12;;/h11H,6-10H2,1-5H3,(H,17,18);7-9,11H,2-6H2,1H3;1H2;1H/b13-12-;;;. The molecule has 0 spiro atoms. The number of ether oxygens (including phenoxy) is 1. The molecule has 1 aromatic heterocycles. The molecule has 1 amide bonds. The van der Waals surface area contributed by atoms with Gasteiger partial charge in [0.25, 0.3) is 5.91 Å². The minimum Gasteiger partial charge on any atom is -0.481 e. The first-order chi connectivity index (χ1) is 19.5. The van der Waals surface area contributed by atoms with Crippen LogP contribution in [0.3, 0.4) is 0 Å². The molecule has 1 aliphatic rings. The highest BCUT2D eigenvalue weighted by atomic mass is 33.1. The van der Waals surface area contributed by atoms with Crippen molar-refractivity contribution in [3.8, 4) is 0 Å². The Morgan fingerprint density at radius 3 is 2.36 bits per heavy atom. The molecule has 0 bridgehead atoms. The number of carboxylic acid groups (broad SMARTS) is 1. The number of aliphatic carboxylic acids is 1. The van der Waals surface area contributed by atoms with Gasteiger partial charge in [-0.25, -0.2) is 4.63 Å². The number of hydrogen-bond donors (Lipinski definition) is 1. The van der Waals surface area contributed by atoms with E-state index in [4.69, 9.17) is 9.84 Å². The van der Waals surface area contributed by atoms with Gasteiger partial charge in [0.05, 0.1) is 19.4 Å². The van der Waals surface area contributed by atoms with Crippen molar-refractivity contribution in [1.29, 1.82) is 0 Å². The molecule has 1 saturated carbocycles. The van der Waals surface area contributed by atoms with Gasteiger partial charge in [-0.3, -0.25) is 14.4 Å². The SMILES string of the molecule is C/C(=C(\CCOC(=O)CCC(=O)O)SSCC(C)C)N(C)C.CN(C(=O)c1ccc2nonc2c1)C1CCCCC1.O.[HH]. The molecular formula is C29H48N4O7S2. The van der Waals surface area contributed by atoms with Gasteiger partial charge < -0.3 is 25.1 Å². The summed E-state index contributed by atoms with van der Waals surface area (Å²) in [5.74, 6) is 0.308. The number of carbonyl (C=O) groups excluding carboxylic acids is 2. The van der Waals surface area contributed by atoms with Crippen LogP contribution in [0.4, 0.5) is 0 Å². The average molecular weight is 629 g/mol. The first-order valence-corrected chi connectivity index (χ1v) is 16.3. The minimum atomic E-state index is -0.985. The number of aromatic nitrogens is 2. The highest BCUT2D eigenvalue weighted by Gasteiger charge is 2.23. The van der Waals surface area contributed by atoms with E-state index in [-0.39, 0.29) is 32.3 Å². The van der Waals surface area contributed by atoms with Crippen LogP contribution in [0.1, 0.15) is 83.9 Å². The molecule has 238 valence electrons. The van der Waals surface area contributed by atoms with Gasteiger partial charge in [0.2, 0.25) is 0 Å². The average Bonchev–Trinajstić information content (AvgIpc) is 3.43. The van der Waals surface area contributed by atoms with E-state index in [1.54, 1.807) is 39.8 Å². The van der Waals surface area contributed by atoms with E-state index >= 15 is 0 Å². The molecule has 1 aromatic carbocycles. The van der Waals surface area contributed by atoms with Gasteiger partial charge in [-0.2, -0.15) is 0 Å². The lowest BCUT2D eigenvalue weighted by Crippen LogP contribution is -2.38. The van der Waals surface area contributed by atoms with Crippen LogP contribution < -0.4 is 0 Å². The second kappa shape index (κ2) is 19.4. The maximum atomic E-state index is 12.5. The van der Waals surface area contributed by atoms with E-state index in [2.05, 4.69) is 28.8 Å². The third-order valence-electron chi connectivity index (χ3n) is 6.71. The van der Waals surface area contributed by atoms with E-state index in [1.165, 1.54) is 24.2 Å². The molecule has 3 rings (SSSR count). The Bertz CT molecular complexity index is 1170. The van der Waals surface area contributed by atoms with Crippen LogP contribution in [0.15, 0.2) is 33.4 Å². The number of rotatable bonds is 13. The summed E-state index contributed by atoms with van der Waals surface area (Å²) in [6, 6.07) is 5.67. The molecule has 42 heavy (non-hydrogen) atoms. The van der Waals surface area contributed by atoms with Crippen LogP contribution in [0, 0.1) is 5.92 Å². The number of carbonyl (C=O) groups is 3. The zero-order chi connectivity index (χ0) is 30.4. The molecule has 11 nitrogen and oxygen atoms in total. The number of allylic oxidation sites excluding steroid dienone is 1. The molecular weight excluding hydrogens is 580 g/mol. The molecule has 3 N–H and O–H groups in total. The maximum absolute atomic E-state index is 12.5. The van der Waals surface area contributed by atoms with Crippen molar-refractivity contribution in [3.05, 3.63) is 34.4 Å². The van der Waals surface area contributed by atoms with Gasteiger partial charge in [0.15, 0.2) is 0 Å². The van der Waals surface area contributed by atoms with E-state index in [9.17, 15) is 14.4 Å². The van der Waals surface area contributed by atoms with E-state index in [0.29, 0.717) is 35.0 Å². The highest BCUT2D eigenvalue weighted by molar-refractivity contribution is 8.78. The predicted molar refractivity (Wildman–Crippen MR) is 170 cm³/mol. The summed E-state index contributed by atoms with van der Waals surface area (Å²) in [5, 5.41) is 16.0. The summed E-state index contributed by atoms with van der Waals surface area (Å²) in [5.41, 5.74) is 3.11. The number of nitrogens with zero attached hydrogens (tertiary/aromatic N) is 4. The van der Waals surface area contributed by atoms with Crippen LogP contribution in [0.5, 0.6) is 0 Å². The van der Waals surface area contributed by atoms with Crippen molar-refractivity contribution in [2.45, 2.75) is 78.2 Å². The number of benzene rings is 1. The van der Waals surface area contributed by atoms with Gasteiger partial charge >= 0.3 is 11.9 Å². The fourth-order valence-corrected chi connectivity index (χ4v) is 7.08. The Morgan fingerprint density at radius 1 is 1.07 bits per heavy atom. The van der Waals surface area contributed by atoms with Crippen LogP contribution in [0.2, 0.25) is 0 Å². The topological polar surface area (TPSA) is 158 Å². The Balaban J connectivity index is 0.000000787.